The van der Waals surface area contributed by atoms with Gasteiger partial charge in [-0.2, -0.15) is 0 Å². The van der Waals surface area contributed by atoms with E-state index in [4.69, 9.17) is 9.94 Å². The normalized spacial score (nSPS) is 29.2. The Morgan fingerprint density at radius 2 is 2.13 bits per heavy atom. The van der Waals surface area contributed by atoms with Gasteiger partial charge in [-0.3, -0.25) is 4.79 Å². The third kappa shape index (κ3) is 2.19. The summed E-state index contributed by atoms with van der Waals surface area (Å²) in [4.78, 5) is 11.4. The van der Waals surface area contributed by atoms with Gasteiger partial charge in [-0.05, 0) is 23.8 Å². The zero-order chi connectivity index (χ0) is 11.6. The molecule has 0 spiro atoms. The zero-order valence-corrected chi connectivity index (χ0v) is 9.52. The van der Waals surface area contributed by atoms with Gasteiger partial charge in [0, 0.05) is 0 Å². The molecular formula is C11H17NO3. The molecule has 4 heteroatoms. The van der Waals surface area contributed by atoms with Crippen molar-refractivity contribution in [3.63, 3.8) is 0 Å². The number of methoxy groups -OCH3 is 1. The number of oxime groups is 1. The molecule has 0 bridgehead atoms. The van der Waals surface area contributed by atoms with Gasteiger partial charge in [-0.25, -0.2) is 0 Å². The average Bonchev–Trinajstić information content (AvgIpc) is 2.67. The fourth-order valence-electron chi connectivity index (χ4n) is 1.98. The summed E-state index contributed by atoms with van der Waals surface area (Å²) in [6, 6.07) is 0. The first kappa shape index (κ1) is 11.8. The van der Waals surface area contributed by atoms with Crippen LogP contribution >= 0.6 is 0 Å². The lowest BCUT2D eigenvalue weighted by atomic mass is 10.1. The molecule has 4 nitrogen and oxygen atoms in total. The van der Waals surface area contributed by atoms with Gasteiger partial charge in [0.25, 0.3) is 0 Å². The Hall–Kier alpha value is -1.32. The fourth-order valence-corrected chi connectivity index (χ4v) is 1.98. The van der Waals surface area contributed by atoms with Crippen molar-refractivity contribution in [2.75, 3.05) is 7.11 Å². The van der Waals surface area contributed by atoms with E-state index in [0.29, 0.717) is 0 Å². The molecule has 15 heavy (non-hydrogen) atoms. The summed E-state index contributed by atoms with van der Waals surface area (Å²) in [6.45, 7) is 5.89. The van der Waals surface area contributed by atoms with Crippen molar-refractivity contribution in [3.8, 4) is 0 Å². The van der Waals surface area contributed by atoms with Gasteiger partial charge in [0.1, 0.15) is 0 Å². The number of nitrogens with zero attached hydrogens (tertiary/aromatic N) is 1. The molecular weight excluding hydrogens is 194 g/mol. The molecule has 1 fully saturated rings. The molecule has 0 heterocycles. The maximum atomic E-state index is 11.4. The molecule has 84 valence electrons. The van der Waals surface area contributed by atoms with E-state index in [-0.39, 0.29) is 23.2 Å². The van der Waals surface area contributed by atoms with Crippen LogP contribution in [0.4, 0.5) is 0 Å². The number of carbonyl (C=O) groups excluding carboxylic acids is 1. The van der Waals surface area contributed by atoms with Crippen LogP contribution in [0.5, 0.6) is 0 Å². The minimum absolute atomic E-state index is 0.0579. The lowest BCUT2D eigenvalue weighted by Gasteiger charge is -1.99. The molecule has 1 N–H and O–H groups in total. The highest BCUT2D eigenvalue weighted by Gasteiger charge is 2.61. The van der Waals surface area contributed by atoms with Gasteiger partial charge in [-0.1, -0.05) is 25.1 Å². The van der Waals surface area contributed by atoms with Crippen LogP contribution < -0.4 is 0 Å². The Balaban J connectivity index is 2.75. The van der Waals surface area contributed by atoms with Crippen LogP contribution in [0.3, 0.4) is 0 Å². The van der Waals surface area contributed by atoms with Gasteiger partial charge >= 0.3 is 5.97 Å². The van der Waals surface area contributed by atoms with Crippen molar-refractivity contribution in [3.05, 3.63) is 11.6 Å². The minimum atomic E-state index is -0.171. The maximum absolute atomic E-state index is 11.4. The number of carbonyl (C=O) groups is 1. The van der Waals surface area contributed by atoms with E-state index in [9.17, 15) is 4.79 Å². The molecule has 1 rings (SSSR count). The lowest BCUT2D eigenvalue weighted by Crippen LogP contribution is -2.07. The Morgan fingerprint density at radius 3 is 2.60 bits per heavy atom. The topological polar surface area (TPSA) is 58.9 Å². The summed E-state index contributed by atoms with van der Waals surface area (Å²) in [5, 5.41) is 11.3. The molecule has 0 aromatic heterocycles. The highest BCUT2D eigenvalue weighted by Crippen LogP contribution is 2.59. The van der Waals surface area contributed by atoms with Crippen molar-refractivity contribution in [2.24, 2.45) is 22.4 Å². The van der Waals surface area contributed by atoms with Crippen molar-refractivity contribution < 1.29 is 14.7 Å². The molecule has 0 amide bonds. The molecule has 0 radical (unpaired) electrons. The molecule has 1 saturated carbocycles. The molecule has 1 aliphatic rings. The standard InChI is InChI=1S/C11H17NO3/c1-7(6-12-14)5-8-9(10(13)15-4)11(8,2)3/h5-6,8-9,14H,1-4H3/t8-,9+/m0/s1. The predicted molar refractivity (Wildman–Crippen MR) is 56.8 cm³/mol. The quantitative estimate of drug-likeness (QED) is 0.335. The lowest BCUT2D eigenvalue weighted by molar-refractivity contribution is -0.143. The molecule has 0 unspecified atom stereocenters. The van der Waals surface area contributed by atoms with Crippen molar-refractivity contribution >= 4 is 12.2 Å². The van der Waals surface area contributed by atoms with Gasteiger partial charge in [0.2, 0.25) is 0 Å². The summed E-state index contributed by atoms with van der Waals surface area (Å²) in [6.07, 6.45) is 3.31. The smallest absolute Gasteiger partial charge is 0.309 e. The summed E-state index contributed by atoms with van der Waals surface area (Å²) in [7, 11) is 1.40. The van der Waals surface area contributed by atoms with Crippen LogP contribution in [0, 0.1) is 17.3 Å². The van der Waals surface area contributed by atoms with Crippen LogP contribution in [0.1, 0.15) is 20.8 Å². The maximum Gasteiger partial charge on any atom is 0.309 e. The third-order valence-corrected chi connectivity index (χ3v) is 3.07. The Labute approximate surface area is 89.6 Å². The van der Waals surface area contributed by atoms with Gasteiger partial charge < -0.3 is 9.94 Å². The first-order valence-electron chi connectivity index (χ1n) is 4.88. The number of allylic oxidation sites excluding steroid dienone is 2. The first-order chi connectivity index (χ1) is 6.95. The molecule has 0 aliphatic heterocycles. The van der Waals surface area contributed by atoms with Gasteiger partial charge in [0.15, 0.2) is 0 Å². The van der Waals surface area contributed by atoms with Crippen LogP contribution in [0.15, 0.2) is 16.8 Å². The SMILES string of the molecule is COC(=O)[C@H]1[C@H](C=C(C)C=NO)C1(C)C. The van der Waals surface area contributed by atoms with E-state index in [1.807, 2.05) is 26.8 Å². The third-order valence-electron chi connectivity index (χ3n) is 3.07. The number of rotatable bonds is 3. The summed E-state index contributed by atoms with van der Waals surface area (Å²) in [5.74, 6) is -0.0810. The van der Waals surface area contributed by atoms with E-state index < -0.39 is 0 Å². The van der Waals surface area contributed by atoms with E-state index in [1.54, 1.807) is 0 Å². The van der Waals surface area contributed by atoms with E-state index in [0.717, 1.165) is 5.57 Å². The molecule has 2 atom stereocenters. The second kappa shape index (κ2) is 4.04. The van der Waals surface area contributed by atoms with Crippen molar-refractivity contribution in [1.82, 2.24) is 0 Å². The molecule has 0 aromatic rings. The zero-order valence-electron chi connectivity index (χ0n) is 9.52. The van der Waals surface area contributed by atoms with E-state index in [2.05, 4.69) is 5.16 Å². The van der Waals surface area contributed by atoms with Crippen LogP contribution in [-0.4, -0.2) is 24.5 Å². The van der Waals surface area contributed by atoms with Crippen molar-refractivity contribution in [1.29, 1.82) is 0 Å². The second-order valence-corrected chi connectivity index (χ2v) is 4.50. The predicted octanol–water partition coefficient (Wildman–Crippen LogP) is 1.84. The Morgan fingerprint density at radius 1 is 1.53 bits per heavy atom. The summed E-state index contributed by atoms with van der Waals surface area (Å²) < 4.78 is 4.73. The minimum Gasteiger partial charge on any atom is -0.469 e. The first-order valence-corrected chi connectivity index (χ1v) is 4.88. The van der Waals surface area contributed by atoms with Crippen LogP contribution in [0.2, 0.25) is 0 Å². The molecule has 0 saturated heterocycles. The Kier molecular flexibility index (Phi) is 3.17. The van der Waals surface area contributed by atoms with E-state index in [1.165, 1.54) is 13.3 Å². The largest absolute Gasteiger partial charge is 0.469 e. The molecule has 0 aromatic carbocycles. The van der Waals surface area contributed by atoms with E-state index >= 15 is 0 Å². The highest BCUT2D eigenvalue weighted by molar-refractivity contribution is 5.80. The number of ether oxygens (including phenoxy) is 1. The second-order valence-electron chi connectivity index (χ2n) is 4.50. The Bertz CT molecular complexity index is 318. The molecule has 1 aliphatic carbocycles. The highest BCUT2D eigenvalue weighted by atomic mass is 16.5. The van der Waals surface area contributed by atoms with Crippen LogP contribution in [-0.2, 0) is 9.53 Å². The number of hydrogen-bond acceptors (Lipinski definition) is 4. The number of hydrogen-bond donors (Lipinski definition) is 1. The number of esters is 1. The fraction of sp³-hybridized carbons (Fsp3) is 0.636. The van der Waals surface area contributed by atoms with Gasteiger partial charge in [-0.15, -0.1) is 0 Å². The van der Waals surface area contributed by atoms with Gasteiger partial charge in [0.05, 0.1) is 19.2 Å². The average molecular weight is 211 g/mol. The summed E-state index contributed by atoms with van der Waals surface area (Å²) in [5.41, 5.74) is 0.791. The van der Waals surface area contributed by atoms with Crippen LogP contribution in [0.25, 0.3) is 0 Å². The monoisotopic (exact) mass is 211 g/mol. The summed E-state index contributed by atoms with van der Waals surface area (Å²) >= 11 is 0. The van der Waals surface area contributed by atoms with Crippen molar-refractivity contribution in [2.45, 2.75) is 20.8 Å².